The number of hydrogen-bond acceptors (Lipinski definition) is 3. The molecule has 3 atom stereocenters. The fourth-order valence-electron chi connectivity index (χ4n) is 2.66. The molecule has 1 saturated carbocycles. The Kier molecular flexibility index (Phi) is 4.59. The number of aromatic nitrogens is 1. The summed E-state index contributed by atoms with van der Waals surface area (Å²) < 4.78 is 6.01. The smallest absolute Gasteiger partial charge is 0.213 e. The van der Waals surface area contributed by atoms with Gasteiger partial charge >= 0.3 is 0 Å². The summed E-state index contributed by atoms with van der Waals surface area (Å²) >= 11 is 0. The maximum Gasteiger partial charge on any atom is 0.213 e. The maximum atomic E-state index is 6.01. The van der Waals surface area contributed by atoms with Crippen LogP contribution in [-0.2, 0) is 0 Å². The first-order chi connectivity index (χ1) is 8.69. The van der Waals surface area contributed by atoms with E-state index in [9.17, 15) is 0 Å². The molecule has 1 aliphatic carbocycles. The molecule has 3 heteroatoms. The Morgan fingerprint density at radius 2 is 2.33 bits per heavy atom. The molecule has 100 valence electrons. The molecule has 3 nitrogen and oxygen atoms in total. The Morgan fingerprint density at radius 1 is 1.50 bits per heavy atom. The van der Waals surface area contributed by atoms with Gasteiger partial charge in [-0.25, -0.2) is 4.98 Å². The van der Waals surface area contributed by atoms with Crippen LogP contribution in [0.4, 0.5) is 0 Å². The summed E-state index contributed by atoms with van der Waals surface area (Å²) in [7, 11) is 0. The maximum absolute atomic E-state index is 6.01. The molecular weight excluding hydrogens is 224 g/mol. The van der Waals surface area contributed by atoms with Crippen molar-refractivity contribution in [2.24, 2.45) is 11.7 Å². The second-order valence-corrected chi connectivity index (χ2v) is 5.40. The van der Waals surface area contributed by atoms with Crippen LogP contribution in [0.15, 0.2) is 18.3 Å². The first-order valence-electron chi connectivity index (χ1n) is 7.07. The van der Waals surface area contributed by atoms with Gasteiger partial charge in [0.25, 0.3) is 0 Å². The van der Waals surface area contributed by atoms with Crippen LogP contribution in [0.25, 0.3) is 0 Å². The first-order valence-corrected chi connectivity index (χ1v) is 7.07. The number of rotatable bonds is 4. The SMILES string of the molecule is CCC1CCCC(Oc2cc([C@H](C)N)ccn2)C1. The molecule has 0 radical (unpaired) electrons. The van der Waals surface area contributed by atoms with Crippen LogP contribution in [-0.4, -0.2) is 11.1 Å². The number of ether oxygens (including phenoxy) is 1. The molecule has 0 spiro atoms. The first kappa shape index (κ1) is 13.3. The highest BCUT2D eigenvalue weighted by Gasteiger charge is 2.22. The summed E-state index contributed by atoms with van der Waals surface area (Å²) in [5.41, 5.74) is 6.96. The minimum absolute atomic E-state index is 0.0325. The van der Waals surface area contributed by atoms with E-state index in [1.54, 1.807) is 6.20 Å². The van der Waals surface area contributed by atoms with Crippen LogP contribution >= 0.6 is 0 Å². The average molecular weight is 248 g/mol. The van der Waals surface area contributed by atoms with Gasteiger partial charge in [0.15, 0.2) is 0 Å². The van der Waals surface area contributed by atoms with E-state index in [2.05, 4.69) is 11.9 Å². The zero-order chi connectivity index (χ0) is 13.0. The van der Waals surface area contributed by atoms with E-state index in [1.165, 1.54) is 25.7 Å². The van der Waals surface area contributed by atoms with Crippen molar-refractivity contribution in [3.63, 3.8) is 0 Å². The molecule has 2 N–H and O–H groups in total. The highest BCUT2D eigenvalue weighted by Crippen LogP contribution is 2.29. The van der Waals surface area contributed by atoms with Gasteiger partial charge in [0.1, 0.15) is 6.10 Å². The second kappa shape index (κ2) is 6.19. The van der Waals surface area contributed by atoms with E-state index in [4.69, 9.17) is 10.5 Å². The molecule has 1 aromatic heterocycles. The summed E-state index contributed by atoms with van der Waals surface area (Å²) in [4.78, 5) is 4.29. The predicted octanol–water partition coefficient (Wildman–Crippen LogP) is 3.45. The van der Waals surface area contributed by atoms with Crippen LogP contribution in [0.1, 0.15) is 57.6 Å². The molecule has 18 heavy (non-hydrogen) atoms. The Bertz CT molecular complexity index is 379. The number of nitrogens with two attached hydrogens (primary N) is 1. The normalized spacial score (nSPS) is 25.7. The van der Waals surface area contributed by atoms with Gasteiger partial charge in [0.2, 0.25) is 5.88 Å². The van der Waals surface area contributed by atoms with Crippen molar-refractivity contribution in [1.82, 2.24) is 4.98 Å². The molecule has 1 fully saturated rings. The third-order valence-electron chi connectivity index (χ3n) is 3.88. The Balaban J connectivity index is 1.98. The van der Waals surface area contributed by atoms with E-state index in [-0.39, 0.29) is 6.04 Å². The molecule has 2 unspecified atom stereocenters. The fourth-order valence-corrected chi connectivity index (χ4v) is 2.66. The molecule has 1 heterocycles. The van der Waals surface area contributed by atoms with Gasteiger partial charge < -0.3 is 10.5 Å². The summed E-state index contributed by atoms with van der Waals surface area (Å²) in [5, 5.41) is 0. The quantitative estimate of drug-likeness (QED) is 0.887. The van der Waals surface area contributed by atoms with Crippen LogP contribution in [0, 0.1) is 5.92 Å². The van der Waals surface area contributed by atoms with Gasteiger partial charge in [-0.05, 0) is 43.7 Å². The van der Waals surface area contributed by atoms with Crippen LogP contribution in [0.5, 0.6) is 5.88 Å². The van der Waals surface area contributed by atoms with Crippen molar-refractivity contribution in [3.8, 4) is 5.88 Å². The topological polar surface area (TPSA) is 48.1 Å². The van der Waals surface area contributed by atoms with E-state index in [1.807, 2.05) is 19.1 Å². The summed E-state index contributed by atoms with van der Waals surface area (Å²) in [6, 6.07) is 3.96. The third-order valence-corrected chi connectivity index (χ3v) is 3.88. The molecule has 0 amide bonds. The van der Waals surface area contributed by atoms with Gasteiger partial charge in [-0.2, -0.15) is 0 Å². The molecule has 0 saturated heterocycles. The summed E-state index contributed by atoms with van der Waals surface area (Å²) in [6.07, 6.45) is 8.32. The zero-order valence-electron chi connectivity index (χ0n) is 11.4. The predicted molar refractivity (Wildman–Crippen MR) is 73.5 cm³/mol. The van der Waals surface area contributed by atoms with Gasteiger partial charge in [-0.3, -0.25) is 0 Å². The lowest BCUT2D eigenvalue weighted by Crippen LogP contribution is -2.25. The summed E-state index contributed by atoms with van der Waals surface area (Å²) in [5.74, 6) is 1.55. The Hall–Kier alpha value is -1.09. The zero-order valence-corrected chi connectivity index (χ0v) is 11.4. The number of nitrogens with zero attached hydrogens (tertiary/aromatic N) is 1. The lowest BCUT2D eigenvalue weighted by molar-refractivity contribution is 0.117. The van der Waals surface area contributed by atoms with Crippen molar-refractivity contribution in [3.05, 3.63) is 23.9 Å². The molecule has 1 aliphatic rings. The van der Waals surface area contributed by atoms with Crippen LogP contribution < -0.4 is 10.5 Å². The molecular formula is C15H24N2O. The fraction of sp³-hybridized carbons (Fsp3) is 0.667. The Labute approximate surface area is 110 Å². The van der Waals surface area contributed by atoms with Crippen LogP contribution in [0.2, 0.25) is 0 Å². The second-order valence-electron chi connectivity index (χ2n) is 5.40. The van der Waals surface area contributed by atoms with Crippen LogP contribution in [0.3, 0.4) is 0 Å². The lowest BCUT2D eigenvalue weighted by atomic mass is 9.85. The molecule has 2 rings (SSSR count). The van der Waals surface area contributed by atoms with Gasteiger partial charge in [0.05, 0.1) is 0 Å². The highest BCUT2D eigenvalue weighted by atomic mass is 16.5. The number of hydrogen-bond donors (Lipinski definition) is 1. The molecule has 0 aromatic carbocycles. The molecule has 1 aromatic rings. The van der Waals surface area contributed by atoms with Crippen molar-refractivity contribution in [2.75, 3.05) is 0 Å². The highest BCUT2D eigenvalue weighted by molar-refractivity contribution is 5.23. The van der Waals surface area contributed by atoms with E-state index in [0.29, 0.717) is 6.10 Å². The van der Waals surface area contributed by atoms with Gasteiger partial charge in [-0.1, -0.05) is 19.8 Å². The van der Waals surface area contributed by atoms with Crippen molar-refractivity contribution in [2.45, 2.75) is 58.1 Å². The van der Waals surface area contributed by atoms with Gasteiger partial charge in [0, 0.05) is 18.3 Å². The van der Waals surface area contributed by atoms with Gasteiger partial charge in [-0.15, -0.1) is 0 Å². The average Bonchev–Trinajstić information content (AvgIpc) is 2.39. The number of pyridine rings is 1. The molecule has 0 bridgehead atoms. The summed E-state index contributed by atoms with van der Waals surface area (Å²) in [6.45, 7) is 4.24. The lowest BCUT2D eigenvalue weighted by Gasteiger charge is -2.28. The monoisotopic (exact) mass is 248 g/mol. The van der Waals surface area contributed by atoms with Crippen molar-refractivity contribution >= 4 is 0 Å². The van der Waals surface area contributed by atoms with E-state index >= 15 is 0 Å². The molecule has 0 aliphatic heterocycles. The van der Waals surface area contributed by atoms with Crippen molar-refractivity contribution in [1.29, 1.82) is 0 Å². The van der Waals surface area contributed by atoms with E-state index < -0.39 is 0 Å². The van der Waals surface area contributed by atoms with Crippen molar-refractivity contribution < 1.29 is 4.74 Å². The minimum atomic E-state index is 0.0325. The standard InChI is InChI=1S/C15H24N2O/c1-3-12-5-4-6-14(9-12)18-15-10-13(11(2)16)7-8-17-15/h7-8,10-12,14H,3-6,9,16H2,1-2H3/t11-,12?,14?/m0/s1. The van der Waals surface area contributed by atoms with E-state index in [0.717, 1.165) is 23.8 Å². The minimum Gasteiger partial charge on any atom is -0.474 e. The Morgan fingerprint density at radius 3 is 3.06 bits per heavy atom. The third kappa shape index (κ3) is 3.45. The largest absolute Gasteiger partial charge is 0.474 e.